The summed E-state index contributed by atoms with van der Waals surface area (Å²) >= 11 is 12.2. The van der Waals surface area contributed by atoms with Crippen LogP contribution in [0.15, 0.2) is 34.2 Å². The second-order valence-corrected chi connectivity index (χ2v) is 5.75. The molecule has 0 unspecified atom stereocenters. The van der Waals surface area contributed by atoms with Crippen molar-refractivity contribution in [1.29, 1.82) is 0 Å². The molecule has 0 bridgehead atoms. The van der Waals surface area contributed by atoms with Gasteiger partial charge in [0.05, 0.1) is 16.1 Å². The second-order valence-electron chi connectivity index (χ2n) is 5.01. The van der Waals surface area contributed by atoms with Gasteiger partial charge in [0.15, 0.2) is 5.65 Å². The lowest BCUT2D eigenvalue weighted by Gasteiger charge is -2.15. The molecule has 0 fully saturated rings. The molecule has 1 aromatic carbocycles. The molecule has 2 aromatic heterocycles. The van der Waals surface area contributed by atoms with Crippen LogP contribution in [0, 0.1) is 6.92 Å². The topological polar surface area (TPSA) is 65.1 Å². The maximum Gasteiger partial charge on any atom is 0.335 e. The minimum atomic E-state index is -0.316. The monoisotopic (exact) mass is 349 g/mol. The van der Waals surface area contributed by atoms with Crippen molar-refractivity contribution in [2.24, 2.45) is 12.0 Å². The third-order valence-electron chi connectivity index (χ3n) is 3.61. The average Bonchev–Trinajstić information content (AvgIpc) is 2.52. The van der Waals surface area contributed by atoms with Crippen LogP contribution in [-0.2, 0) is 7.05 Å². The minimum Gasteiger partial charge on any atom is -0.280 e. The number of para-hydroxylation sites is 1. The van der Waals surface area contributed by atoms with Crippen molar-refractivity contribution < 1.29 is 0 Å². The molecule has 0 saturated heterocycles. The zero-order valence-electron chi connectivity index (χ0n) is 12.7. The smallest absolute Gasteiger partial charge is 0.280 e. The van der Waals surface area contributed by atoms with Crippen molar-refractivity contribution >= 4 is 34.2 Å². The summed E-state index contributed by atoms with van der Waals surface area (Å²) in [5, 5.41) is 1.14. The van der Waals surface area contributed by atoms with Gasteiger partial charge in [-0.15, -0.1) is 0 Å². The predicted octanol–water partition coefficient (Wildman–Crippen LogP) is 2.26. The van der Waals surface area contributed by atoms with Crippen LogP contribution in [0.5, 0.6) is 0 Å². The van der Waals surface area contributed by atoms with Gasteiger partial charge in [-0.1, -0.05) is 23.7 Å². The molecule has 0 spiro atoms. The summed E-state index contributed by atoms with van der Waals surface area (Å²) < 4.78 is 2.87. The number of aromatic nitrogens is 4. The third kappa shape index (κ3) is 2.44. The molecule has 0 saturated carbocycles. The summed E-state index contributed by atoms with van der Waals surface area (Å²) in [7, 11) is 3.22. The number of rotatable bonds is 1. The Morgan fingerprint density at radius 1 is 1.26 bits per heavy atom. The van der Waals surface area contributed by atoms with Crippen molar-refractivity contribution in [3.05, 3.63) is 56.2 Å². The fourth-order valence-electron chi connectivity index (χ4n) is 2.55. The molecule has 118 valence electrons. The Balaban J connectivity index is 2.61. The van der Waals surface area contributed by atoms with Gasteiger partial charge in [0, 0.05) is 20.3 Å². The second kappa shape index (κ2) is 5.79. The fourth-order valence-corrected chi connectivity index (χ4v) is 2.98. The Morgan fingerprint density at radius 3 is 2.65 bits per heavy atom. The van der Waals surface area contributed by atoms with Gasteiger partial charge in [-0.2, -0.15) is 4.98 Å². The highest BCUT2D eigenvalue weighted by molar-refractivity contribution is 6.32. The molecule has 0 aliphatic carbocycles. The molecule has 0 N–H and O–H groups in total. The van der Waals surface area contributed by atoms with E-state index >= 15 is 0 Å². The predicted molar refractivity (Wildman–Crippen MR) is 90.4 cm³/mol. The number of fused-ring (bicyclic) bond motifs is 1. The van der Waals surface area contributed by atoms with E-state index in [9.17, 15) is 4.79 Å². The molecule has 0 aliphatic heterocycles. The highest BCUT2D eigenvalue weighted by Crippen LogP contribution is 2.22. The molecule has 3 rings (SSSR count). The van der Waals surface area contributed by atoms with Crippen molar-refractivity contribution in [2.45, 2.75) is 6.92 Å². The van der Waals surface area contributed by atoms with Crippen molar-refractivity contribution in [3.63, 3.8) is 0 Å². The van der Waals surface area contributed by atoms with Crippen LogP contribution in [0.1, 0.15) is 5.56 Å². The van der Waals surface area contributed by atoms with E-state index in [2.05, 4.69) is 15.0 Å². The molecule has 2 heterocycles. The maximum absolute atomic E-state index is 12.9. The van der Waals surface area contributed by atoms with E-state index in [-0.39, 0.29) is 11.0 Å². The van der Waals surface area contributed by atoms with E-state index in [0.29, 0.717) is 27.2 Å². The summed E-state index contributed by atoms with van der Waals surface area (Å²) in [6.45, 7) is 1.88. The standard InChI is InChI=1S/C15H13Cl2N5O/c1-8-5-4-6-10(16)11(8)22-12(18-2)9-7-19-14(17)20-13(9)21(3)15(22)23/h4-7H,1-3H3/b18-12-. The Labute approximate surface area is 141 Å². The van der Waals surface area contributed by atoms with Gasteiger partial charge in [0.25, 0.3) is 0 Å². The SMILES string of the molecule is C/N=c1/c2cnc(Cl)nc2n(C)c(=O)n1-c1c(C)cccc1Cl. The van der Waals surface area contributed by atoms with E-state index in [0.717, 1.165) is 5.56 Å². The number of hydrogen-bond acceptors (Lipinski definition) is 4. The van der Waals surface area contributed by atoms with E-state index in [1.165, 1.54) is 9.13 Å². The largest absolute Gasteiger partial charge is 0.335 e. The normalized spacial score (nSPS) is 12.1. The molecule has 3 aromatic rings. The van der Waals surface area contributed by atoms with Crippen LogP contribution >= 0.6 is 23.2 Å². The lowest BCUT2D eigenvalue weighted by molar-refractivity contribution is 0.748. The van der Waals surface area contributed by atoms with Gasteiger partial charge in [0.2, 0.25) is 5.28 Å². The van der Waals surface area contributed by atoms with Gasteiger partial charge in [-0.3, -0.25) is 9.56 Å². The quantitative estimate of drug-likeness (QED) is 0.633. The number of aryl methyl sites for hydroxylation is 2. The average molecular weight is 350 g/mol. The maximum atomic E-state index is 12.9. The fraction of sp³-hybridized carbons (Fsp3) is 0.200. The summed E-state index contributed by atoms with van der Waals surface area (Å²) in [6.07, 6.45) is 1.55. The first-order chi connectivity index (χ1) is 11.0. The van der Waals surface area contributed by atoms with Crippen LogP contribution in [0.3, 0.4) is 0 Å². The molecule has 0 amide bonds. The molecule has 0 aliphatic rings. The first kappa shape index (κ1) is 15.7. The van der Waals surface area contributed by atoms with Gasteiger partial charge >= 0.3 is 5.69 Å². The lowest BCUT2D eigenvalue weighted by atomic mass is 10.2. The number of hydrogen-bond donors (Lipinski definition) is 0. The molecular formula is C15H13Cl2N5O. The summed E-state index contributed by atoms with van der Waals surface area (Å²) in [5.41, 5.74) is 1.97. The molecule has 0 atom stereocenters. The number of nitrogens with zero attached hydrogens (tertiary/aromatic N) is 5. The minimum absolute atomic E-state index is 0.0706. The van der Waals surface area contributed by atoms with Crippen molar-refractivity contribution in [3.8, 4) is 5.69 Å². The molecular weight excluding hydrogens is 337 g/mol. The van der Waals surface area contributed by atoms with Crippen LogP contribution in [0.2, 0.25) is 10.3 Å². The number of halogens is 2. The van der Waals surface area contributed by atoms with Gasteiger partial charge in [0.1, 0.15) is 5.49 Å². The van der Waals surface area contributed by atoms with Gasteiger partial charge in [-0.05, 0) is 30.2 Å². The first-order valence-corrected chi connectivity index (χ1v) is 7.54. The van der Waals surface area contributed by atoms with Crippen LogP contribution < -0.4 is 11.2 Å². The van der Waals surface area contributed by atoms with E-state index in [1.54, 1.807) is 26.4 Å². The van der Waals surface area contributed by atoms with Crippen molar-refractivity contribution in [2.75, 3.05) is 7.05 Å². The van der Waals surface area contributed by atoms with Crippen molar-refractivity contribution in [1.82, 2.24) is 19.1 Å². The Kier molecular flexibility index (Phi) is 3.95. The molecule has 6 nitrogen and oxygen atoms in total. The Hall–Kier alpha value is -2.18. The highest BCUT2D eigenvalue weighted by Gasteiger charge is 2.16. The summed E-state index contributed by atoms with van der Waals surface area (Å²) in [6, 6.07) is 5.45. The van der Waals surface area contributed by atoms with Gasteiger partial charge in [-0.25, -0.2) is 14.3 Å². The zero-order chi connectivity index (χ0) is 16.7. The Morgan fingerprint density at radius 2 is 2.00 bits per heavy atom. The lowest BCUT2D eigenvalue weighted by Crippen LogP contribution is -2.39. The van der Waals surface area contributed by atoms with Gasteiger partial charge < -0.3 is 0 Å². The van der Waals surface area contributed by atoms with E-state index < -0.39 is 0 Å². The highest BCUT2D eigenvalue weighted by atomic mass is 35.5. The van der Waals surface area contributed by atoms with Crippen LogP contribution in [-0.4, -0.2) is 26.1 Å². The molecule has 0 radical (unpaired) electrons. The Bertz CT molecular complexity index is 1030. The van der Waals surface area contributed by atoms with E-state index in [4.69, 9.17) is 23.2 Å². The zero-order valence-corrected chi connectivity index (χ0v) is 14.2. The van der Waals surface area contributed by atoms with Crippen LogP contribution in [0.4, 0.5) is 0 Å². The van der Waals surface area contributed by atoms with Crippen LogP contribution in [0.25, 0.3) is 16.7 Å². The summed E-state index contributed by atoms with van der Waals surface area (Å²) in [5.74, 6) is 0. The first-order valence-electron chi connectivity index (χ1n) is 6.78. The summed E-state index contributed by atoms with van der Waals surface area (Å²) in [4.78, 5) is 25.3. The third-order valence-corrected chi connectivity index (χ3v) is 4.10. The number of benzene rings is 1. The molecule has 23 heavy (non-hydrogen) atoms. The molecule has 8 heteroatoms. The van der Waals surface area contributed by atoms with E-state index in [1.807, 2.05) is 19.1 Å².